The van der Waals surface area contributed by atoms with Gasteiger partial charge in [-0.15, -0.1) is 0 Å². The maximum absolute atomic E-state index is 5.19. The highest BCUT2D eigenvalue weighted by Crippen LogP contribution is 2.51. The Kier molecular flexibility index (Phi) is 4.93. The molecule has 0 spiro atoms. The smallest absolute Gasteiger partial charge is 0.0817 e. The lowest BCUT2D eigenvalue weighted by molar-refractivity contribution is 1.36. The molecule has 0 aliphatic carbocycles. The molecule has 0 saturated heterocycles. The number of para-hydroxylation sites is 1. The minimum Gasteiger partial charge on any atom is -0.248 e. The number of benzene rings is 7. The number of hydrogen-bond acceptors (Lipinski definition) is 2. The van der Waals surface area contributed by atoms with Crippen molar-refractivity contribution >= 4 is 22.1 Å². The van der Waals surface area contributed by atoms with Crippen LogP contribution in [0.1, 0.15) is 0 Å². The third-order valence-corrected chi connectivity index (χ3v) is 8.62. The van der Waals surface area contributed by atoms with E-state index in [0.717, 1.165) is 33.2 Å². The van der Waals surface area contributed by atoms with E-state index in [9.17, 15) is 0 Å². The molecule has 0 fully saturated rings. The van der Waals surface area contributed by atoms with Crippen LogP contribution in [-0.4, -0.2) is 0 Å². The van der Waals surface area contributed by atoms with Gasteiger partial charge in [-0.05, 0) is 62.9 Å². The van der Waals surface area contributed by atoms with Crippen molar-refractivity contribution in [1.29, 1.82) is 0 Å². The summed E-state index contributed by atoms with van der Waals surface area (Å²) in [4.78, 5) is 10.4. The second-order valence-electron chi connectivity index (χ2n) is 10.9. The van der Waals surface area contributed by atoms with Crippen molar-refractivity contribution in [3.63, 3.8) is 0 Å². The lowest BCUT2D eigenvalue weighted by Crippen LogP contribution is -2.01. The molecule has 2 nitrogen and oxygen atoms in total. The average molecular weight is 533 g/mol. The topological polar surface area (TPSA) is 24.7 Å². The van der Waals surface area contributed by atoms with E-state index >= 15 is 0 Å². The summed E-state index contributed by atoms with van der Waals surface area (Å²) in [5.74, 6) is 0. The number of hydrogen-bond donors (Lipinski definition) is 0. The van der Waals surface area contributed by atoms with Gasteiger partial charge in [-0.1, -0.05) is 121 Å². The van der Waals surface area contributed by atoms with E-state index < -0.39 is 0 Å². The van der Waals surface area contributed by atoms with Crippen molar-refractivity contribution in [1.82, 2.24) is 0 Å². The summed E-state index contributed by atoms with van der Waals surface area (Å²) < 4.78 is 0. The first-order valence-electron chi connectivity index (χ1n) is 14.4. The highest BCUT2D eigenvalue weighted by molar-refractivity contribution is 6.09. The average Bonchev–Trinajstić information content (AvgIpc) is 3.63. The van der Waals surface area contributed by atoms with E-state index in [-0.39, 0.29) is 0 Å². The van der Waals surface area contributed by atoms with Crippen molar-refractivity contribution in [2.45, 2.75) is 0 Å². The molecule has 0 aromatic heterocycles. The molecule has 0 atom stereocenters. The summed E-state index contributed by atoms with van der Waals surface area (Å²) >= 11 is 0. The van der Waals surface area contributed by atoms with Crippen LogP contribution in [0.2, 0.25) is 0 Å². The highest BCUT2D eigenvalue weighted by atomic mass is 14.8. The molecule has 0 N–H and O–H groups in total. The van der Waals surface area contributed by atoms with Gasteiger partial charge < -0.3 is 0 Å². The Hall–Kier alpha value is -5.60. The third kappa shape index (κ3) is 3.33. The number of rotatable bonds is 3. The molecule has 0 saturated carbocycles. The molecule has 2 heteroatoms. The van der Waals surface area contributed by atoms with Crippen LogP contribution in [0, 0.1) is 10.4 Å². The van der Waals surface area contributed by atoms with E-state index in [4.69, 9.17) is 9.98 Å². The van der Waals surface area contributed by atoms with Gasteiger partial charge in [0, 0.05) is 27.1 Å². The lowest BCUT2D eigenvalue weighted by atomic mass is 9.83. The van der Waals surface area contributed by atoms with Crippen LogP contribution in [-0.2, 0) is 0 Å². The van der Waals surface area contributed by atoms with E-state index in [1.54, 1.807) is 0 Å². The third-order valence-electron chi connectivity index (χ3n) is 8.62. The Balaban J connectivity index is 1.45. The summed E-state index contributed by atoms with van der Waals surface area (Å²) in [6, 6.07) is 52.0. The second-order valence-corrected chi connectivity index (χ2v) is 10.9. The van der Waals surface area contributed by atoms with Crippen LogP contribution in [0.4, 0.5) is 11.4 Å². The first-order chi connectivity index (χ1) is 20.8. The molecule has 9 rings (SSSR count). The monoisotopic (exact) mass is 532 g/mol. The summed E-state index contributed by atoms with van der Waals surface area (Å²) in [6.45, 7) is 0. The first kappa shape index (κ1) is 23.1. The Morgan fingerprint density at radius 2 is 1.10 bits per heavy atom. The van der Waals surface area contributed by atoms with Crippen LogP contribution < -0.4 is 10.7 Å². The second kappa shape index (κ2) is 8.95. The van der Waals surface area contributed by atoms with Crippen molar-refractivity contribution < 1.29 is 0 Å². The summed E-state index contributed by atoms with van der Waals surface area (Å²) in [5.41, 5.74) is 11.5. The van der Waals surface area contributed by atoms with Crippen LogP contribution in [0.25, 0.3) is 55.3 Å². The molecule has 194 valence electrons. The van der Waals surface area contributed by atoms with E-state index in [0.29, 0.717) is 0 Å². The van der Waals surface area contributed by atoms with Gasteiger partial charge in [-0.2, -0.15) is 0 Å². The summed E-state index contributed by atoms with van der Waals surface area (Å²) in [7, 11) is 0. The van der Waals surface area contributed by atoms with Crippen LogP contribution in [0.15, 0.2) is 156 Å². The molecular weight excluding hydrogens is 508 g/mol. The van der Waals surface area contributed by atoms with E-state index in [2.05, 4.69) is 146 Å². The molecule has 42 heavy (non-hydrogen) atoms. The van der Waals surface area contributed by atoms with Crippen LogP contribution >= 0.6 is 0 Å². The number of nitrogens with zero attached hydrogens (tertiary/aromatic N) is 2. The predicted molar refractivity (Wildman–Crippen MR) is 171 cm³/mol. The molecule has 0 unspecified atom stereocenters. The standard InChI is InChI=1S/C40H24N2/c1-2-11-25(12-3-1)28-16-6-7-18-31(28)37-32(29-19-10-14-26-13-4-5-15-27(26)29)21-23-35-38(37)39-36(41-35)24-22-33-30-17-8-9-20-34(30)42-40(33)39/h1-24H. The van der Waals surface area contributed by atoms with Crippen molar-refractivity contribution in [3.05, 3.63) is 167 Å². The van der Waals surface area contributed by atoms with Gasteiger partial charge in [-0.25, -0.2) is 9.98 Å². The maximum atomic E-state index is 5.19. The minimum atomic E-state index is 0.980. The quantitative estimate of drug-likeness (QED) is 0.217. The van der Waals surface area contributed by atoms with Gasteiger partial charge in [0.2, 0.25) is 0 Å². The minimum absolute atomic E-state index is 0.980. The van der Waals surface area contributed by atoms with Crippen molar-refractivity contribution in [3.8, 4) is 44.5 Å². The summed E-state index contributed by atoms with van der Waals surface area (Å²) in [5, 5.41) is 6.82. The van der Waals surface area contributed by atoms with Gasteiger partial charge in [-0.3, -0.25) is 0 Å². The molecule has 0 radical (unpaired) electrons. The lowest BCUT2D eigenvalue weighted by Gasteiger charge is -2.20. The summed E-state index contributed by atoms with van der Waals surface area (Å²) in [6.07, 6.45) is 0. The molecule has 2 heterocycles. The molecule has 7 aromatic rings. The first-order valence-corrected chi connectivity index (χ1v) is 14.4. The van der Waals surface area contributed by atoms with Gasteiger partial charge in [0.15, 0.2) is 0 Å². The largest absolute Gasteiger partial charge is 0.248 e. The zero-order valence-electron chi connectivity index (χ0n) is 22.8. The van der Waals surface area contributed by atoms with Crippen molar-refractivity contribution in [2.24, 2.45) is 9.98 Å². The fourth-order valence-electron chi connectivity index (χ4n) is 6.78. The predicted octanol–water partition coefficient (Wildman–Crippen LogP) is 9.32. The van der Waals surface area contributed by atoms with Gasteiger partial charge in [0.1, 0.15) is 0 Å². The molecule has 2 aliphatic heterocycles. The maximum Gasteiger partial charge on any atom is 0.0817 e. The molecule has 0 bridgehead atoms. The fraction of sp³-hybridized carbons (Fsp3) is 0. The van der Waals surface area contributed by atoms with Crippen molar-refractivity contribution in [2.75, 3.05) is 0 Å². The SMILES string of the molecule is c1ccc(-c2ccccc2-c2c(-c3cccc4ccccc34)ccc3c2-c2c4c(ccc2=N3)=c2ccccc2=N4)cc1. The normalized spacial score (nSPS) is 12.2. The van der Waals surface area contributed by atoms with Crippen LogP contribution in [0.5, 0.6) is 0 Å². The van der Waals surface area contributed by atoms with E-state index in [1.165, 1.54) is 54.6 Å². The molecule has 0 amide bonds. The Morgan fingerprint density at radius 3 is 2.02 bits per heavy atom. The zero-order chi connectivity index (χ0) is 27.6. The Morgan fingerprint density at radius 1 is 0.357 bits per heavy atom. The van der Waals surface area contributed by atoms with Gasteiger partial charge >= 0.3 is 0 Å². The molecule has 7 aromatic carbocycles. The zero-order valence-corrected chi connectivity index (χ0v) is 22.8. The van der Waals surface area contributed by atoms with Crippen LogP contribution in [0.3, 0.4) is 0 Å². The molecular formula is C40H24N2. The Labute approximate surface area is 242 Å². The van der Waals surface area contributed by atoms with Gasteiger partial charge in [0.05, 0.1) is 22.1 Å². The number of fused-ring (bicyclic) bond motifs is 7. The highest BCUT2D eigenvalue weighted by Gasteiger charge is 2.28. The fourth-order valence-corrected chi connectivity index (χ4v) is 6.78. The molecule has 2 aliphatic rings. The van der Waals surface area contributed by atoms with E-state index in [1.807, 2.05) is 0 Å². The van der Waals surface area contributed by atoms with Gasteiger partial charge in [0.25, 0.3) is 0 Å². The Bertz CT molecular complexity index is 2450.